The summed E-state index contributed by atoms with van der Waals surface area (Å²) in [5.41, 5.74) is 0. The average molecular weight is 352 g/mol. The van der Waals surface area contributed by atoms with Gasteiger partial charge in [-0.15, -0.1) is 22.7 Å². The number of rotatable bonds is 7. The fourth-order valence-corrected chi connectivity index (χ4v) is 3.28. The molecule has 8 heteroatoms. The lowest BCUT2D eigenvalue weighted by atomic mass is 10.1. The molecule has 2 rings (SSSR count). The van der Waals surface area contributed by atoms with Crippen LogP contribution < -0.4 is 10.6 Å². The predicted molar refractivity (Wildman–Crippen MR) is 88.5 cm³/mol. The van der Waals surface area contributed by atoms with Crippen molar-refractivity contribution in [2.45, 2.75) is 12.5 Å². The van der Waals surface area contributed by atoms with E-state index in [4.69, 9.17) is 0 Å². The molecule has 0 radical (unpaired) electrons. The second kappa shape index (κ2) is 8.44. The summed E-state index contributed by atoms with van der Waals surface area (Å²) < 4.78 is 4.65. The van der Waals surface area contributed by atoms with E-state index >= 15 is 0 Å². The molecular formula is C15H16N2O4S2. The molecule has 2 aromatic rings. The van der Waals surface area contributed by atoms with Gasteiger partial charge in [-0.1, -0.05) is 12.1 Å². The largest absolute Gasteiger partial charge is 0.469 e. The first-order valence-electron chi connectivity index (χ1n) is 6.81. The van der Waals surface area contributed by atoms with Crippen LogP contribution in [0.4, 0.5) is 0 Å². The van der Waals surface area contributed by atoms with Crippen molar-refractivity contribution in [1.29, 1.82) is 0 Å². The molecule has 2 aromatic heterocycles. The van der Waals surface area contributed by atoms with Crippen LogP contribution in [0, 0.1) is 0 Å². The zero-order valence-corrected chi connectivity index (χ0v) is 14.0. The minimum atomic E-state index is -0.464. The van der Waals surface area contributed by atoms with Gasteiger partial charge in [-0.25, -0.2) is 0 Å². The number of carbonyl (C=O) groups is 3. The minimum absolute atomic E-state index is 0.0433. The molecule has 1 unspecified atom stereocenters. The number of methoxy groups -OCH3 is 1. The minimum Gasteiger partial charge on any atom is -0.469 e. The van der Waals surface area contributed by atoms with Crippen molar-refractivity contribution < 1.29 is 19.1 Å². The predicted octanol–water partition coefficient (Wildman–Crippen LogP) is 1.96. The van der Waals surface area contributed by atoms with E-state index in [1.54, 1.807) is 17.5 Å². The van der Waals surface area contributed by atoms with Crippen molar-refractivity contribution in [2.24, 2.45) is 0 Å². The molecule has 122 valence electrons. The number of nitrogens with one attached hydrogen (secondary N) is 2. The van der Waals surface area contributed by atoms with Crippen LogP contribution in [0.5, 0.6) is 0 Å². The number of hydrogen-bond acceptors (Lipinski definition) is 6. The number of carbonyl (C=O) groups excluding carboxylic acids is 3. The highest BCUT2D eigenvalue weighted by Crippen LogP contribution is 2.22. The summed E-state index contributed by atoms with van der Waals surface area (Å²) in [5, 5.41) is 8.95. The Balaban J connectivity index is 1.89. The van der Waals surface area contributed by atoms with Crippen LogP contribution >= 0.6 is 22.7 Å². The molecule has 0 saturated carbocycles. The fourth-order valence-electron chi connectivity index (χ4n) is 1.86. The summed E-state index contributed by atoms with van der Waals surface area (Å²) >= 11 is 2.74. The highest BCUT2D eigenvalue weighted by atomic mass is 32.1. The Morgan fingerprint density at radius 2 is 1.91 bits per heavy atom. The fraction of sp³-hybridized carbons (Fsp3) is 0.267. The Hall–Kier alpha value is -2.19. The van der Waals surface area contributed by atoms with Crippen molar-refractivity contribution in [2.75, 3.05) is 13.7 Å². The van der Waals surface area contributed by atoms with Crippen molar-refractivity contribution in [3.8, 4) is 0 Å². The number of ether oxygens (including phenoxy) is 1. The quantitative estimate of drug-likeness (QED) is 0.746. The first kappa shape index (κ1) is 17.2. The number of thiophene rings is 2. The summed E-state index contributed by atoms with van der Waals surface area (Å²) in [6.07, 6.45) is 0.0433. The summed E-state index contributed by atoms with van der Waals surface area (Å²) in [6, 6.07) is 6.66. The molecular weight excluding hydrogens is 336 g/mol. The molecule has 1 atom stereocenters. The van der Waals surface area contributed by atoms with Gasteiger partial charge in [0.2, 0.25) is 5.91 Å². The Labute approximate surface area is 141 Å². The van der Waals surface area contributed by atoms with E-state index in [1.807, 2.05) is 17.5 Å². The number of amides is 2. The Kier molecular flexibility index (Phi) is 6.30. The molecule has 2 amide bonds. The van der Waals surface area contributed by atoms with E-state index in [-0.39, 0.29) is 24.8 Å². The van der Waals surface area contributed by atoms with Crippen molar-refractivity contribution in [1.82, 2.24) is 10.6 Å². The molecule has 2 heterocycles. The zero-order chi connectivity index (χ0) is 16.7. The van der Waals surface area contributed by atoms with Crippen molar-refractivity contribution in [3.63, 3.8) is 0 Å². The first-order chi connectivity index (χ1) is 11.1. The number of hydrogen-bond donors (Lipinski definition) is 2. The Morgan fingerprint density at radius 1 is 1.17 bits per heavy atom. The third-order valence-corrected chi connectivity index (χ3v) is 4.83. The molecule has 2 N–H and O–H groups in total. The maximum atomic E-state index is 12.0. The third kappa shape index (κ3) is 5.19. The van der Waals surface area contributed by atoms with Crippen molar-refractivity contribution in [3.05, 3.63) is 44.8 Å². The van der Waals surface area contributed by atoms with Gasteiger partial charge in [0.1, 0.15) is 0 Å². The molecule has 6 nitrogen and oxygen atoms in total. The van der Waals surface area contributed by atoms with Gasteiger partial charge in [0.15, 0.2) is 0 Å². The van der Waals surface area contributed by atoms with Gasteiger partial charge in [-0.05, 0) is 22.9 Å². The maximum absolute atomic E-state index is 12.0. The Morgan fingerprint density at radius 3 is 2.52 bits per heavy atom. The molecule has 0 aliphatic carbocycles. The molecule has 23 heavy (non-hydrogen) atoms. The zero-order valence-electron chi connectivity index (χ0n) is 12.4. The van der Waals surface area contributed by atoms with Crippen LogP contribution in [0.1, 0.15) is 27.0 Å². The molecule has 0 spiro atoms. The van der Waals surface area contributed by atoms with E-state index < -0.39 is 12.0 Å². The van der Waals surface area contributed by atoms with Crippen LogP contribution in [-0.4, -0.2) is 31.4 Å². The monoisotopic (exact) mass is 352 g/mol. The second-order valence-corrected chi connectivity index (χ2v) is 6.50. The topological polar surface area (TPSA) is 84.5 Å². The van der Waals surface area contributed by atoms with Gasteiger partial charge in [-0.2, -0.15) is 0 Å². The molecule has 0 aliphatic rings. The first-order valence-corrected chi connectivity index (χ1v) is 8.57. The van der Waals surface area contributed by atoms with Crippen LogP contribution in [0.25, 0.3) is 0 Å². The average Bonchev–Trinajstić information content (AvgIpc) is 3.24. The van der Waals surface area contributed by atoms with E-state index in [1.165, 1.54) is 29.8 Å². The SMILES string of the molecule is COC(=O)CC(NC(=O)CNC(=O)c1cccs1)c1cccs1. The van der Waals surface area contributed by atoms with Gasteiger partial charge in [0, 0.05) is 4.88 Å². The molecule has 0 aliphatic heterocycles. The van der Waals surface area contributed by atoms with Gasteiger partial charge < -0.3 is 15.4 Å². The summed E-state index contributed by atoms with van der Waals surface area (Å²) in [6.45, 7) is -0.153. The lowest BCUT2D eigenvalue weighted by Crippen LogP contribution is -2.39. The maximum Gasteiger partial charge on any atom is 0.307 e. The van der Waals surface area contributed by atoms with E-state index in [0.717, 1.165) is 4.88 Å². The smallest absolute Gasteiger partial charge is 0.307 e. The molecule has 0 aromatic carbocycles. The van der Waals surface area contributed by atoms with Crippen LogP contribution in [0.3, 0.4) is 0 Å². The molecule has 0 bridgehead atoms. The van der Waals surface area contributed by atoms with E-state index in [0.29, 0.717) is 4.88 Å². The highest BCUT2D eigenvalue weighted by Gasteiger charge is 2.20. The second-order valence-electron chi connectivity index (χ2n) is 4.58. The Bertz CT molecular complexity index is 653. The van der Waals surface area contributed by atoms with Gasteiger partial charge in [-0.3, -0.25) is 14.4 Å². The van der Waals surface area contributed by atoms with Crippen molar-refractivity contribution >= 4 is 40.5 Å². The normalized spacial score (nSPS) is 11.5. The molecule has 0 saturated heterocycles. The van der Waals surface area contributed by atoms with Crippen LogP contribution in [0.15, 0.2) is 35.0 Å². The third-order valence-electron chi connectivity index (χ3n) is 2.97. The lowest BCUT2D eigenvalue weighted by molar-refractivity contribution is -0.141. The van der Waals surface area contributed by atoms with Crippen LogP contribution in [-0.2, 0) is 14.3 Å². The summed E-state index contributed by atoms with van der Waals surface area (Å²) in [4.78, 5) is 36.7. The summed E-state index contributed by atoms with van der Waals surface area (Å²) in [7, 11) is 1.30. The summed E-state index contributed by atoms with van der Waals surface area (Å²) in [5.74, 6) is -1.07. The number of esters is 1. The standard InChI is InChI=1S/C15H16N2O4S2/c1-21-14(19)8-10(11-4-2-6-22-11)17-13(18)9-16-15(20)12-5-3-7-23-12/h2-7,10H,8-9H2,1H3,(H,16,20)(H,17,18). The van der Waals surface area contributed by atoms with Gasteiger partial charge in [0.05, 0.1) is 31.0 Å². The lowest BCUT2D eigenvalue weighted by Gasteiger charge is -2.16. The van der Waals surface area contributed by atoms with Gasteiger partial charge >= 0.3 is 5.97 Å². The van der Waals surface area contributed by atoms with E-state index in [2.05, 4.69) is 15.4 Å². The van der Waals surface area contributed by atoms with Gasteiger partial charge in [0.25, 0.3) is 5.91 Å². The van der Waals surface area contributed by atoms with Crippen LogP contribution in [0.2, 0.25) is 0 Å². The highest BCUT2D eigenvalue weighted by molar-refractivity contribution is 7.12. The molecule has 0 fully saturated rings. The van der Waals surface area contributed by atoms with E-state index in [9.17, 15) is 14.4 Å².